The fourth-order valence-electron chi connectivity index (χ4n) is 13.8. The van der Waals surface area contributed by atoms with E-state index in [4.69, 9.17) is 0 Å². The highest BCUT2D eigenvalue weighted by molar-refractivity contribution is 7.25. The minimum atomic E-state index is -0.479. The topological polar surface area (TPSA) is 3.24 Å². The van der Waals surface area contributed by atoms with Crippen LogP contribution in [0.25, 0.3) is 75.8 Å². The van der Waals surface area contributed by atoms with E-state index in [0.717, 1.165) is 23.5 Å². The predicted molar refractivity (Wildman–Crippen MR) is 324 cm³/mol. The molecular weight excluding hydrogens is 935 g/mol. The third-order valence-electron chi connectivity index (χ3n) is 17.4. The van der Waals surface area contributed by atoms with Crippen LogP contribution >= 0.6 is 11.3 Å². The summed E-state index contributed by atoms with van der Waals surface area (Å²) < 4.78 is 2.63. The van der Waals surface area contributed by atoms with Crippen molar-refractivity contribution in [3.63, 3.8) is 0 Å². The molecule has 1 heterocycles. The largest absolute Gasteiger partial charge is 0.310 e. The summed E-state index contributed by atoms with van der Waals surface area (Å²) in [5.74, 6) is 6.39. The summed E-state index contributed by atoms with van der Waals surface area (Å²) in [4.78, 5) is 2.49. The van der Waals surface area contributed by atoms with Gasteiger partial charge >= 0.3 is 0 Å². The lowest BCUT2D eigenvalue weighted by atomic mass is 9.64. The van der Waals surface area contributed by atoms with E-state index in [1.807, 2.05) is 24.3 Å². The monoisotopic (exact) mass is 991 g/mol. The molecule has 76 heavy (non-hydrogen) atoms. The van der Waals surface area contributed by atoms with Crippen LogP contribution in [0.1, 0.15) is 74.4 Å². The Hall–Kier alpha value is -8.48. The average molecular weight is 992 g/mol. The number of allylic oxidation sites excluding steroid dienone is 8. The van der Waals surface area contributed by atoms with E-state index >= 15 is 0 Å². The zero-order valence-electron chi connectivity index (χ0n) is 43.7. The number of rotatable bonds is 8. The van der Waals surface area contributed by atoms with Gasteiger partial charge in [-0.2, -0.15) is 0 Å². The molecule has 4 aliphatic rings. The lowest BCUT2D eigenvalue weighted by molar-refractivity contribution is 0.473. The summed E-state index contributed by atoms with van der Waals surface area (Å²) >= 11 is 1.88. The molecule has 0 amide bonds. The van der Waals surface area contributed by atoms with Gasteiger partial charge in [0.05, 0.1) is 0 Å². The van der Waals surface area contributed by atoms with Gasteiger partial charge in [-0.3, -0.25) is 0 Å². The van der Waals surface area contributed by atoms with Crippen LogP contribution in [0, 0.1) is 17.8 Å². The minimum Gasteiger partial charge on any atom is -0.310 e. The lowest BCUT2D eigenvalue weighted by Crippen LogP contribution is -2.32. The second kappa shape index (κ2) is 17.6. The average Bonchev–Trinajstić information content (AvgIpc) is 4.24. The molecule has 0 spiro atoms. The van der Waals surface area contributed by atoms with Crippen molar-refractivity contribution >= 4 is 48.6 Å². The first-order chi connectivity index (χ1) is 37.2. The van der Waals surface area contributed by atoms with Crippen molar-refractivity contribution < 1.29 is 0 Å². The molecule has 0 aliphatic heterocycles. The second-order valence-electron chi connectivity index (χ2n) is 22.1. The highest BCUT2D eigenvalue weighted by Gasteiger charge is 2.48. The Bertz CT molecular complexity index is 4120. The Morgan fingerprint density at radius 3 is 1.72 bits per heavy atom. The number of benzene rings is 9. The normalized spacial score (nSPS) is 17.8. The molecule has 1 aromatic heterocycles. The zero-order valence-corrected chi connectivity index (χ0v) is 44.5. The molecule has 2 atom stereocenters. The second-order valence-corrected chi connectivity index (χ2v) is 23.2. The number of nitrogens with zero attached hydrogens (tertiary/aromatic N) is 1. The zero-order chi connectivity index (χ0) is 51.3. The van der Waals surface area contributed by atoms with E-state index in [-0.39, 0.29) is 16.7 Å². The molecule has 0 N–H and O–H groups in total. The molecule has 4 aliphatic carbocycles. The van der Waals surface area contributed by atoms with Crippen LogP contribution in [0.5, 0.6) is 0 Å². The third kappa shape index (κ3) is 6.85. The molecule has 364 valence electrons. The molecular formula is C74H57NS. The maximum absolute atomic E-state index is 3.16. The molecule has 10 aromatic rings. The van der Waals surface area contributed by atoms with Gasteiger partial charge in [-0.05, 0) is 169 Å². The van der Waals surface area contributed by atoms with Crippen LogP contribution in [0.15, 0.2) is 237 Å². The number of fused-ring (bicyclic) bond motifs is 12. The summed E-state index contributed by atoms with van der Waals surface area (Å²) in [6.45, 7) is 11.4. The minimum absolute atomic E-state index is 0.140. The third-order valence-corrected chi connectivity index (χ3v) is 18.5. The van der Waals surface area contributed by atoms with E-state index < -0.39 is 5.41 Å². The molecule has 9 aromatic carbocycles. The van der Waals surface area contributed by atoms with Crippen molar-refractivity contribution in [3.05, 3.63) is 270 Å². The molecule has 0 radical (unpaired) electrons. The fourth-order valence-corrected chi connectivity index (χ4v) is 14.9. The van der Waals surface area contributed by atoms with Crippen LogP contribution in [0.2, 0.25) is 0 Å². The van der Waals surface area contributed by atoms with Crippen LogP contribution < -0.4 is 4.90 Å². The van der Waals surface area contributed by atoms with Gasteiger partial charge in [-0.1, -0.05) is 210 Å². The summed E-state index contributed by atoms with van der Waals surface area (Å²) in [5, 5.41) is 2.62. The summed E-state index contributed by atoms with van der Waals surface area (Å²) in [5.41, 5.74) is 23.7. The van der Waals surface area contributed by atoms with Crippen molar-refractivity contribution in [2.75, 3.05) is 4.90 Å². The van der Waals surface area contributed by atoms with Crippen molar-refractivity contribution in [2.45, 2.75) is 57.3 Å². The van der Waals surface area contributed by atoms with Gasteiger partial charge in [0.2, 0.25) is 0 Å². The van der Waals surface area contributed by atoms with Crippen LogP contribution in [-0.2, 0) is 16.2 Å². The summed E-state index contributed by atoms with van der Waals surface area (Å²) in [6.07, 6.45) is 19.0. The Labute approximate surface area is 451 Å². The Morgan fingerprint density at radius 2 is 1.05 bits per heavy atom. The quantitative estimate of drug-likeness (QED) is 0.108. The summed E-state index contributed by atoms with van der Waals surface area (Å²) in [6, 6.07) is 71.7. The van der Waals surface area contributed by atoms with E-state index in [1.165, 1.54) is 109 Å². The fraction of sp³-hybridized carbons (Fsp3) is 0.135. The molecule has 0 saturated carbocycles. The van der Waals surface area contributed by atoms with Crippen molar-refractivity contribution in [2.24, 2.45) is 5.92 Å². The SMILES string of the molecule is CC#C/C=C\C=CC1(C2C=CC=CC2)c2ccccc2-c2c(-c3ccc(N(c4ccc5c(c4)C(C)(C)c4ccccc4-5)c4ccc5c(c4)C(C)(C)c4ccccc4-5)cc3)ccc(-c3ccc4sc5ccccc5c4c3)c21. The van der Waals surface area contributed by atoms with Gasteiger partial charge in [0.25, 0.3) is 0 Å². The smallest absolute Gasteiger partial charge is 0.0469 e. The number of thiophene rings is 1. The van der Waals surface area contributed by atoms with E-state index in [9.17, 15) is 0 Å². The van der Waals surface area contributed by atoms with Gasteiger partial charge < -0.3 is 4.90 Å². The molecule has 14 rings (SSSR count). The summed E-state index contributed by atoms with van der Waals surface area (Å²) in [7, 11) is 0. The molecule has 0 fully saturated rings. The van der Waals surface area contributed by atoms with E-state index in [2.05, 4.69) is 275 Å². The van der Waals surface area contributed by atoms with Gasteiger partial charge in [0.1, 0.15) is 0 Å². The molecule has 0 bridgehead atoms. The first-order valence-corrected chi connectivity index (χ1v) is 27.7. The first kappa shape index (κ1) is 46.1. The maximum atomic E-state index is 3.16. The Morgan fingerprint density at radius 1 is 0.487 bits per heavy atom. The van der Waals surface area contributed by atoms with E-state index in [1.54, 1.807) is 0 Å². The van der Waals surface area contributed by atoms with Crippen LogP contribution in [0.3, 0.4) is 0 Å². The highest BCUT2D eigenvalue weighted by Crippen LogP contribution is 2.61. The Kier molecular flexibility index (Phi) is 10.6. The first-order valence-electron chi connectivity index (χ1n) is 26.9. The van der Waals surface area contributed by atoms with Crippen molar-refractivity contribution in [1.29, 1.82) is 0 Å². The van der Waals surface area contributed by atoms with Crippen molar-refractivity contribution in [3.8, 4) is 67.5 Å². The van der Waals surface area contributed by atoms with Gasteiger partial charge in [0, 0.05) is 53.5 Å². The van der Waals surface area contributed by atoms with E-state index in [0.29, 0.717) is 0 Å². The highest BCUT2D eigenvalue weighted by atomic mass is 32.1. The molecule has 0 saturated heterocycles. The maximum Gasteiger partial charge on any atom is 0.0469 e. The molecule has 1 nitrogen and oxygen atoms in total. The standard InChI is InChI=1S/C74H57NS/c1-6-7-8-9-21-44-74(50-22-11-10-12-23-50)65-30-19-15-27-61(65)70-54(41-42-55(71(70)74)49-34-43-69-62(45-49)60-26-16-20-31-68(60)76-69)48-32-35-51(36-33-48)75(52-37-39-58-56-24-13-17-28-63(56)72(2,3)66(58)46-52)53-38-40-59-57-25-14-18-29-64(57)73(4,5)67(59)47-53/h8-22,24-47,50H,23H2,1-5H3/b9-8-,44-21?. The van der Waals surface area contributed by atoms with Gasteiger partial charge in [0.15, 0.2) is 0 Å². The number of hydrogen-bond acceptors (Lipinski definition) is 2. The van der Waals surface area contributed by atoms with Crippen LogP contribution in [0.4, 0.5) is 17.1 Å². The lowest BCUT2D eigenvalue weighted by Gasteiger charge is -2.38. The number of hydrogen-bond donors (Lipinski definition) is 0. The predicted octanol–water partition coefficient (Wildman–Crippen LogP) is 20.0. The van der Waals surface area contributed by atoms with Crippen molar-refractivity contribution in [1.82, 2.24) is 0 Å². The van der Waals surface area contributed by atoms with Gasteiger partial charge in [-0.25, -0.2) is 0 Å². The number of anilines is 3. The molecule has 2 unspecified atom stereocenters. The van der Waals surface area contributed by atoms with Crippen LogP contribution in [-0.4, -0.2) is 0 Å². The molecule has 2 heteroatoms. The Balaban J connectivity index is 0.969. The van der Waals surface area contributed by atoms with Gasteiger partial charge in [-0.15, -0.1) is 17.3 Å².